The van der Waals surface area contributed by atoms with E-state index in [4.69, 9.17) is 4.52 Å². The quantitative estimate of drug-likeness (QED) is 0.456. The van der Waals surface area contributed by atoms with E-state index in [1.165, 1.54) is 12.1 Å². The molecule has 3 heterocycles. The van der Waals surface area contributed by atoms with Crippen LogP contribution in [0.2, 0.25) is 0 Å². The first-order valence-electron chi connectivity index (χ1n) is 10.7. The second-order valence-electron chi connectivity index (χ2n) is 8.38. The van der Waals surface area contributed by atoms with Crippen molar-refractivity contribution in [1.29, 1.82) is 0 Å². The summed E-state index contributed by atoms with van der Waals surface area (Å²) < 4.78 is 20.3. The van der Waals surface area contributed by atoms with Crippen molar-refractivity contribution >= 4 is 33.8 Å². The molecule has 2 N–H and O–H groups in total. The molecule has 1 aliphatic rings. The molecule has 0 amide bonds. The van der Waals surface area contributed by atoms with Gasteiger partial charge in [-0.2, -0.15) is 0 Å². The average Bonchev–Trinajstić information content (AvgIpc) is 3.36. The number of likely N-dealkylation sites (tertiary alicyclic amines) is 1. The number of fused-ring (bicyclic) bond motifs is 2. The first-order valence-corrected chi connectivity index (χ1v) is 10.7. The summed E-state index contributed by atoms with van der Waals surface area (Å²) in [5.74, 6) is -2.27. The van der Waals surface area contributed by atoms with Gasteiger partial charge in [0.15, 0.2) is 5.58 Å². The smallest absolute Gasteiger partial charge is 0.325 e. The van der Waals surface area contributed by atoms with Crippen LogP contribution in [0.5, 0.6) is 0 Å². The van der Waals surface area contributed by atoms with Gasteiger partial charge in [0, 0.05) is 40.0 Å². The monoisotopic (exact) mass is 451 g/mol. The number of rotatable bonds is 6. The number of aromatic nitrogens is 2. The fraction of sp³-hybridized carbons (Fsp3) is 0.292. The Morgan fingerprint density at radius 2 is 1.88 bits per heavy atom. The molecule has 1 saturated heterocycles. The number of para-hydroxylation sites is 1. The summed E-state index contributed by atoms with van der Waals surface area (Å²) in [6, 6.07) is 10.7. The zero-order chi connectivity index (χ0) is 23.1. The summed E-state index contributed by atoms with van der Waals surface area (Å²) in [4.78, 5) is 25.6. The predicted molar refractivity (Wildman–Crippen MR) is 117 cm³/mol. The molecule has 170 valence electrons. The van der Waals surface area contributed by atoms with Crippen molar-refractivity contribution in [2.75, 3.05) is 13.1 Å². The van der Waals surface area contributed by atoms with Crippen LogP contribution in [-0.4, -0.2) is 49.9 Å². The predicted octanol–water partition coefficient (Wildman–Crippen LogP) is 4.01. The van der Waals surface area contributed by atoms with Crippen molar-refractivity contribution in [2.24, 2.45) is 0 Å². The lowest BCUT2D eigenvalue weighted by atomic mass is 9.90. The molecule has 0 radical (unpaired) electrons. The molecule has 8 nitrogen and oxygen atoms in total. The topological polar surface area (TPSA) is 109 Å². The molecule has 0 bridgehead atoms. The molecular formula is C24H22FN3O5. The van der Waals surface area contributed by atoms with Gasteiger partial charge in [-0.3, -0.25) is 14.5 Å². The first kappa shape index (κ1) is 21.1. The van der Waals surface area contributed by atoms with Crippen LogP contribution in [0.1, 0.15) is 36.1 Å². The summed E-state index contributed by atoms with van der Waals surface area (Å²) >= 11 is 0. The first-order chi connectivity index (χ1) is 15.9. The molecule has 9 heteroatoms. The van der Waals surface area contributed by atoms with Crippen LogP contribution < -0.4 is 0 Å². The molecule has 0 spiro atoms. The van der Waals surface area contributed by atoms with E-state index >= 15 is 0 Å². The fourth-order valence-electron chi connectivity index (χ4n) is 4.91. The number of carboxylic acid groups (broad SMARTS) is 2. The standard InChI is InChI=1S/C24H22FN3O5/c25-15-5-6-17-20(11-15)33-26-22(17)14-7-9-27(10-8-14)23(24(31)32)18-12-28(13-21(29)30)19-4-2-1-3-16(18)19/h1-6,11-12,14,23H,7-10,13H2,(H,29,30)(H,31,32)/t23-/m0/s1. The minimum atomic E-state index is -0.991. The Kier molecular flexibility index (Phi) is 5.33. The van der Waals surface area contributed by atoms with Crippen LogP contribution in [0.15, 0.2) is 53.2 Å². The SMILES string of the molecule is O=C(O)Cn1cc([C@@H](C(=O)O)N2CCC(c3noc4cc(F)ccc34)CC2)c2ccccc21. The van der Waals surface area contributed by atoms with Gasteiger partial charge in [-0.25, -0.2) is 4.39 Å². The molecule has 2 aromatic heterocycles. The van der Waals surface area contributed by atoms with Crippen molar-refractivity contribution in [2.45, 2.75) is 31.3 Å². The second kappa shape index (κ2) is 8.32. The Labute approximate surface area is 187 Å². The van der Waals surface area contributed by atoms with Gasteiger partial charge >= 0.3 is 11.9 Å². The summed E-state index contributed by atoms with van der Waals surface area (Å²) in [6.45, 7) is 0.806. The average molecular weight is 451 g/mol. The lowest BCUT2D eigenvalue weighted by Gasteiger charge is -2.35. The normalized spacial score (nSPS) is 16.4. The third-order valence-electron chi connectivity index (χ3n) is 6.40. The highest BCUT2D eigenvalue weighted by molar-refractivity contribution is 5.90. The second-order valence-corrected chi connectivity index (χ2v) is 8.38. The van der Waals surface area contributed by atoms with Gasteiger partial charge in [0.1, 0.15) is 18.4 Å². The number of hydrogen-bond acceptors (Lipinski definition) is 5. The molecule has 1 aliphatic heterocycles. The van der Waals surface area contributed by atoms with Crippen molar-refractivity contribution in [3.63, 3.8) is 0 Å². The number of carboxylic acids is 2. The Balaban J connectivity index is 1.42. The van der Waals surface area contributed by atoms with E-state index in [1.807, 2.05) is 17.0 Å². The lowest BCUT2D eigenvalue weighted by molar-refractivity contribution is -0.144. The highest BCUT2D eigenvalue weighted by Crippen LogP contribution is 2.37. The summed E-state index contributed by atoms with van der Waals surface area (Å²) in [5.41, 5.74) is 2.45. The van der Waals surface area contributed by atoms with E-state index in [-0.39, 0.29) is 18.3 Å². The van der Waals surface area contributed by atoms with E-state index in [1.54, 1.807) is 29.0 Å². The van der Waals surface area contributed by atoms with Crippen molar-refractivity contribution in [3.8, 4) is 0 Å². The van der Waals surface area contributed by atoms with E-state index in [2.05, 4.69) is 5.16 Å². The van der Waals surface area contributed by atoms with Crippen LogP contribution in [0.3, 0.4) is 0 Å². The largest absolute Gasteiger partial charge is 0.480 e. The van der Waals surface area contributed by atoms with Crippen molar-refractivity contribution in [3.05, 3.63) is 65.7 Å². The lowest BCUT2D eigenvalue weighted by Crippen LogP contribution is -2.39. The molecule has 1 atom stereocenters. The maximum Gasteiger partial charge on any atom is 0.325 e. The molecule has 1 fully saturated rings. The molecule has 0 saturated carbocycles. The Morgan fingerprint density at radius 1 is 1.12 bits per heavy atom. The highest BCUT2D eigenvalue weighted by atomic mass is 19.1. The van der Waals surface area contributed by atoms with E-state index in [9.17, 15) is 24.2 Å². The van der Waals surface area contributed by atoms with Gasteiger partial charge in [-0.15, -0.1) is 0 Å². The van der Waals surface area contributed by atoms with Crippen molar-refractivity contribution in [1.82, 2.24) is 14.6 Å². The number of hydrogen-bond donors (Lipinski definition) is 2. The highest BCUT2D eigenvalue weighted by Gasteiger charge is 2.34. The maximum atomic E-state index is 13.5. The molecule has 5 rings (SSSR count). The fourth-order valence-corrected chi connectivity index (χ4v) is 4.91. The third kappa shape index (κ3) is 3.84. The zero-order valence-corrected chi connectivity index (χ0v) is 17.6. The minimum absolute atomic E-state index is 0.0794. The number of benzene rings is 2. The van der Waals surface area contributed by atoms with E-state index in [0.29, 0.717) is 42.6 Å². The number of halogens is 1. The minimum Gasteiger partial charge on any atom is -0.480 e. The Morgan fingerprint density at radius 3 is 2.61 bits per heavy atom. The number of nitrogens with zero attached hydrogens (tertiary/aromatic N) is 3. The van der Waals surface area contributed by atoms with Gasteiger partial charge in [0.05, 0.1) is 5.69 Å². The molecule has 33 heavy (non-hydrogen) atoms. The van der Waals surface area contributed by atoms with Crippen molar-refractivity contribution < 1.29 is 28.7 Å². The van der Waals surface area contributed by atoms with Gasteiger partial charge in [0.2, 0.25) is 0 Å². The number of carbonyl (C=O) groups is 2. The van der Waals surface area contributed by atoms with Crippen LogP contribution >= 0.6 is 0 Å². The molecular weight excluding hydrogens is 429 g/mol. The Hall–Kier alpha value is -3.72. The third-order valence-corrected chi connectivity index (χ3v) is 6.40. The van der Waals surface area contributed by atoms with Gasteiger partial charge in [-0.1, -0.05) is 23.4 Å². The van der Waals surface area contributed by atoms with Crippen LogP contribution in [-0.2, 0) is 16.1 Å². The maximum absolute atomic E-state index is 13.5. The zero-order valence-electron chi connectivity index (χ0n) is 17.6. The number of piperidine rings is 1. The summed E-state index contributed by atoms with van der Waals surface area (Å²) in [6.07, 6.45) is 3.00. The molecule has 0 aliphatic carbocycles. The summed E-state index contributed by atoms with van der Waals surface area (Å²) in [5, 5.41) is 25.0. The van der Waals surface area contributed by atoms with Gasteiger partial charge in [0.25, 0.3) is 0 Å². The van der Waals surface area contributed by atoms with Crippen LogP contribution in [0, 0.1) is 5.82 Å². The molecule has 2 aromatic carbocycles. The molecule has 0 unspecified atom stereocenters. The van der Waals surface area contributed by atoms with E-state index in [0.717, 1.165) is 16.5 Å². The summed E-state index contributed by atoms with van der Waals surface area (Å²) in [7, 11) is 0. The van der Waals surface area contributed by atoms with Gasteiger partial charge in [-0.05, 0) is 44.1 Å². The van der Waals surface area contributed by atoms with E-state index < -0.39 is 18.0 Å². The van der Waals surface area contributed by atoms with Crippen LogP contribution in [0.4, 0.5) is 4.39 Å². The number of aliphatic carboxylic acids is 2. The van der Waals surface area contributed by atoms with Gasteiger partial charge < -0.3 is 19.3 Å². The van der Waals surface area contributed by atoms with Crippen LogP contribution in [0.25, 0.3) is 21.9 Å². The Bertz CT molecular complexity index is 1350. The molecule has 4 aromatic rings.